The minimum atomic E-state index is -0.1000. The first kappa shape index (κ1) is 19.1. The van der Waals surface area contributed by atoms with E-state index in [1.54, 1.807) is 4.90 Å². The van der Waals surface area contributed by atoms with Crippen molar-refractivity contribution in [3.8, 4) is 0 Å². The molecule has 2 fully saturated rings. The molecule has 9 heteroatoms. The maximum absolute atomic E-state index is 12.7. The van der Waals surface area contributed by atoms with Crippen LogP contribution in [-0.4, -0.2) is 41.6 Å². The Morgan fingerprint density at radius 1 is 1.21 bits per heavy atom. The first-order valence-electron chi connectivity index (χ1n) is 9.52. The maximum atomic E-state index is 12.7. The summed E-state index contributed by atoms with van der Waals surface area (Å²) in [4.78, 5) is 28.4. The zero-order chi connectivity index (χ0) is 19.5. The molecule has 1 N–H and O–H groups in total. The lowest BCUT2D eigenvalue weighted by atomic mass is 9.97. The van der Waals surface area contributed by atoms with Gasteiger partial charge in [0.05, 0.1) is 5.92 Å². The summed E-state index contributed by atoms with van der Waals surface area (Å²) in [7, 11) is 0. The Morgan fingerprint density at radius 2 is 2.04 bits per heavy atom. The van der Waals surface area contributed by atoms with Crippen molar-refractivity contribution in [2.45, 2.75) is 32.2 Å². The normalized spacial score (nSPS) is 19.9. The molecule has 0 spiro atoms. The van der Waals surface area contributed by atoms with Gasteiger partial charge >= 0.3 is 0 Å². The van der Waals surface area contributed by atoms with E-state index in [-0.39, 0.29) is 17.7 Å². The molecule has 0 aliphatic carbocycles. The van der Waals surface area contributed by atoms with Crippen LogP contribution in [0.3, 0.4) is 0 Å². The van der Waals surface area contributed by atoms with Crippen LogP contribution in [0.2, 0.25) is 5.02 Å². The molecule has 1 atom stereocenters. The largest absolute Gasteiger partial charge is 0.352 e. The molecule has 2 aliphatic rings. The Hall–Kier alpha value is -2.19. The van der Waals surface area contributed by atoms with Crippen LogP contribution >= 0.6 is 22.9 Å². The van der Waals surface area contributed by atoms with Gasteiger partial charge < -0.3 is 10.2 Å². The second kappa shape index (κ2) is 8.45. The van der Waals surface area contributed by atoms with Crippen LogP contribution in [-0.2, 0) is 16.1 Å². The molecule has 2 saturated heterocycles. The molecule has 2 aromatic rings. The Bertz CT molecular complexity index is 874. The summed E-state index contributed by atoms with van der Waals surface area (Å²) >= 11 is 7.59. The summed E-state index contributed by atoms with van der Waals surface area (Å²) in [6.07, 6.45) is 3.21. The van der Waals surface area contributed by atoms with Crippen molar-refractivity contribution in [2.24, 2.45) is 5.92 Å². The summed E-state index contributed by atoms with van der Waals surface area (Å²) in [5.74, 6) is 0.0410. The van der Waals surface area contributed by atoms with Gasteiger partial charge in [0.1, 0.15) is 0 Å². The highest BCUT2D eigenvalue weighted by Gasteiger charge is 2.30. The predicted molar refractivity (Wildman–Crippen MR) is 110 cm³/mol. The van der Waals surface area contributed by atoms with E-state index in [9.17, 15) is 9.59 Å². The van der Waals surface area contributed by atoms with E-state index < -0.39 is 0 Å². The quantitative estimate of drug-likeness (QED) is 0.806. The monoisotopic (exact) mass is 419 g/mol. The van der Waals surface area contributed by atoms with Gasteiger partial charge in [-0.2, -0.15) is 0 Å². The van der Waals surface area contributed by atoms with Crippen molar-refractivity contribution in [3.63, 3.8) is 0 Å². The summed E-state index contributed by atoms with van der Waals surface area (Å²) in [5, 5.41) is 13.6. The van der Waals surface area contributed by atoms with Gasteiger partial charge in [-0.3, -0.25) is 14.5 Å². The molecule has 3 heterocycles. The van der Waals surface area contributed by atoms with Crippen molar-refractivity contribution < 1.29 is 9.59 Å². The second-order valence-electron chi connectivity index (χ2n) is 7.11. The third kappa shape index (κ3) is 4.12. The number of aromatic nitrogens is 2. The van der Waals surface area contributed by atoms with Gasteiger partial charge in [-0.25, -0.2) is 0 Å². The van der Waals surface area contributed by atoms with E-state index in [0.29, 0.717) is 36.2 Å². The lowest BCUT2D eigenvalue weighted by molar-refractivity contribution is -0.125. The van der Waals surface area contributed by atoms with E-state index in [1.807, 2.05) is 24.3 Å². The topological polar surface area (TPSA) is 78.4 Å². The second-order valence-corrected chi connectivity index (χ2v) is 8.45. The molecule has 2 amide bonds. The lowest BCUT2D eigenvalue weighted by Gasteiger charge is -2.31. The molecule has 0 saturated carbocycles. The fraction of sp³-hybridized carbons (Fsp3) is 0.474. The number of amides is 2. The number of benzene rings is 1. The molecule has 2 aliphatic heterocycles. The van der Waals surface area contributed by atoms with Gasteiger partial charge in [0, 0.05) is 37.6 Å². The lowest BCUT2D eigenvalue weighted by Crippen LogP contribution is -2.43. The fourth-order valence-electron chi connectivity index (χ4n) is 3.63. The van der Waals surface area contributed by atoms with Crippen LogP contribution in [0.15, 0.2) is 24.3 Å². The van der Waals surface area contributed by atoms with Gasteiger partial charge in [-0.05, 0) is 30.9 Å². The number of anilines is 2. The molecule has 1 aromatic carbocycles. The maximum Gasteiger partial charge on any atom is 0.228 e. The van der Waals surface area contributed by atoms with Crippen molar-refractivity contribution in [2.75, 3.05) is 29.4 Å². The van der Waals surface area contributed by atoms with Crippen LogP contribution in [0.25, 0.3) is 0 Å². The average Bonchev–Trinajstić information content (AvgIpc) is 3.36. The highest BCUT2D eigenvalue weighted by atomic mass is 35.5. The molecule has 4 rings (SSSR count). The molecule has 148 valence electrons. The Morgan fingerprint density at radius 3 is 2.82 bits per heavy atom. The number of carbonyl (C=O) groups excluding carboxylic acids is 2. The first-order valence-corrected chi connectivity index (χ1v) is 10.7. The molecular weight excluding hydrogens is 398 g/mol. The third-order valence-corrected chi connectivity index (χ3v) is 6.56. The summed E-state index contributed by atoms with van der Waals surface area (Å²) in [6, 6.07) is 7.52. The standard InChI is InChI=1S/C19H22ClN5O2S/c20-15-7-2-1-5-13(15)11-21-17(27)14-6-3-9-24(12-14)18-22-23-19(28-18)25-10-4-8-16(25)26/h1-2,5,7,14H,3-4,6,8-12H2,(H,21,27)/t14-/m1/s1. The number of halogens is 1. The number of hydrogen-bond donors (Lipinski definition) is 1. The van der Waals surface area contributed by atoms with Crippen LogP contribution in [0.5, 0.6) is 0 Å². The average molecular weight is 420 g/mol. The molecule has 0 unspecified atom stereocenters. The van der Waals surface area contributed by atoms with Crippen LogP contribution in [0.4, 0.5) is 10.3 Å². The number of rotatable bonds is 5. The van der Waals surface area contributed by atoms with Crippen molar-refractivity contribution in [1.82, 2.24) is 15.5 Å². The van der Waals surface area contributed by atoms with Gasteiger partial charge in [0.25, 0.3) is 0 Å². The predicted octanol–water partition coefficient (Wildman–Crippen LogP) is 2.85. The van der Waals surface area contributed by atoms with Crippen LogP contribution in [0.1, 0.15) is 31.2 Å². The van der Waals surface area contributed by atoms with E-state index in [0.717, 1.165) is 36.5 Å². The molecule has 7 nitrogen and oxygen atoms in total. The van der Waals surface area contributed by atoms with Gasteiger partial charge in [0.2, 0.25) is 22.1 Å². The minimum Gasteiger partial charge on any atom is -0.352 e. The highest BCUT2D eigenvalue weighted by Crippen LogP contribution is 2.32. The van der Waals surface area contributed by atoms with Crippen molar-refractivity contribution >= 4 is 45.0 Å². The summed E-state index contributed by atoms with van der Waals surface area (Å²) in [5.41, 5.74) is 0.911. The molecule has 1 aromatic heterocycles. The van der Waals surface area contributed by atoms with Gasteiger partial charge in [0.15, 0.2) is 0 Å². The van der Waals surface area contributed by atoms with E-state index in [4.69, 9.17) is 11.6 Å². The molecule has 0 radical (unpaired) electrons. The minimum absolute atomic E-state index is 0.0316. The van der Waals surface area contributed by atoms with Crippen molar-refractivity contribution in [3.05, 3.63) is 34.9 Å². The Labute approximate surface area is 172 Å². The Kier molecular flexibility index (Phi) is 5.77. The fourth-order valence-corrected chi connectivity index (χ4v) is 4.76. The van der Waals surface area contributed by atoms with Gasteiger partial charge in [-0.15, -0.1) is 10.2 Å². The van der Waals surface area contributed by atoms with E-state index in [2.05, 4.69) is 20.4 Å². The Balaban J connectivity index is 1.36. The van der Waals surface area contributed by atoms with Crippen molar-refractivity contribution in [1.29, 1.82) is 0 Å². The number of carbonyl (C=O) groups is 2. The van der Waals surface area contributed by atoms with Crippen LogP contribution < -0.4 is 15.1 Å². The first-order chi connectivity index (χ1) is 13.6. The molecule has 28 heavy (non-hydrogen) atoms. The summed E-state index contributed by atoms with van der Waals surface area (Å²) < 4.78 is 0. The third-order valence-electron chi connectivity index (χ3n) is 5.18. The SMILES string of the molecule is O=C(NCc1ccccc1Cl)[C@@H]1CCCN(c2nnc(N3CCCC3=O)s2)C1. The zero-order valence-electron chi connectivity index (χ0n) is 15.4. The van der Waals surface area contributed by atoms with E-state index >= 15 is 0 Å². The number of nitrogens with one attached hydrogen (secondary N) is 1. The number of hydrogen-bond acceptors (Lipinski definition) is 6. The van der Waals surface area contributed by atoms with Gasteiger partial charge in [-0.1, -0.05) is 41.1 Å². The van der Waals surface area contributed by atoms with E-state index in [1.165, 1.54) is 11.3 Å². The highest BCUT2D eigenvalue weighted by molar-refractivity contribution is 7.19. The zero-order valence-corrected chi connectivity index (χ0v) is 17.0. The smallest absolute Gasteiger partial charge is 0.228 e. The molecular formula is C19H22ClN5O2S. The summed E-state index contributed by atoms with van der Waals surface area (Å²) in [6.45, 7) is 2.59. The molecule has 0 bridgehead atoms. The van der Waals surface area contributed by atoms with Crippen LogP contribution in [0, 0.1) is 5.92 Å². The number of piperidine rings is 1. The number of nitrogens with zero attached hydrogens (tertiary/aromatic N) is 4.